The third-order valence-electron chi connectivity index (χ3n) is 4.30. The van der Waals surface area contributed by atoms with Gasteiger partial charge in [0.2, 0.25) is 5.82 Å². The van der Waals surface area contributed by atoms with E-state index in [1.54, 1.807) is 40.0 Å². The maximum atomic E-state index is 12.4. The topological polar surface area (TPSA) is 120 Å². The van der Waals surface area contributed by atoms with Gasteiger partial charge in [-0.25, -0.2) is 9.59 Å². The van der Waals surface area contributed by atoms with Crippen molar-refractivity contribution in [1.29, 1.82) is 0 Å². The summed E-state index contributed by atoms with van der Waals surface area (Å²) in [5.41, 5.74) is 0.0365. The number of aromatic nitrogens is 4. The van der Waals surface area contributed by atoms with Crippen LogP contribution in [0.4, 0.5) is 4.79 Å². The number of methoxy groups -OCH3 is 1. The van der Waals surface area contributed by atoms with E-state index < -0.39 is 29.7 Å². The Bertz CT molecular complexity index is 858. The van der Waals surface area contributed by atoms with Crippen LogP contribution in [0.15, 0.2) is 24.3 Å². The fraction of sp³-hybridized carbons (Fsp3) is 0.500. The van der Waals surface area contributed by atoms with Crippen molar-refractivity contribution in [3.05, 3.63) is 24.3 Å². The number of carboxylic acid groups (broad SMARTS) is 1. The molecule has 1 saturated heterocycles. The van der Waals surface area contributed by atoms with Gasteiger partial charge in [-0.15, -0.1) is 10.2 Å². The number of ether oxygens (including phenoxy) is 2. The zero-order valence-corrected chi connectivity index (χ0v) is 16.2. The molecule has 1 amide bonds. The summed E-state index contributed by atoms with van der Waals surface area (Å²) in [6, 6.07) is 5.78. The van der Waals surface area contributed by atoms with Crippen molar-refractivity contribution >= 4 is 12.1 Å². The lowest BCUT2D eigenvalue weighted by atomic mass is 10.2. The molecule has 1 N–H and O–H groups in total. The molecular weight excluding hydrogens is 366 g/mol. The molecule has 0 bridgehead atoms. The van der Waals surface area contributed by atoms with Crippen LogP contribution in [0.3, 0.4) is 0 Å². The zero-order valence-electron chi connectivity index (χ0n) is 16.2. The molecule has 2 heterocycles. The van der Waals surface area contributed by atoms with Crippen LogP contribution in [0.5, 0.6) is 5.75 Å². The number of carbonyl (C=O) groups excluding carboxylic acids is 1. The summed E-state index contributed by atoms with van der Waals surface area (Å²) in [6.45, 7) is 5.32. The summed E-state index contributed by atoms with van der Waals surface area (Å²) in [5.74, 6) is 0.0262. The monoisotopic (exact) mass is 389 g/mol. The molecule has 1 fully saturated rings. The van der Waals surface area contributed by atoms with Crippen LogP contribution < -0.4 is 4.74 Å². The van der Waals surface area contributed by atoms with E-state index in [1.807, 2.05) is 12.1 Å². The van der Waals surface area contributed by atoms with Gasteiger partial charge < -0.3 is 14.6 Å². The summed E-state index contributed by atoms with van der Waals surface area (Å²) in [4.78, 5) is 26.6. The molecule has 28 heavy (non-hydrogen) atoms. The lowest BCUT2D eigenvalue weighted by Gasteiger charge is -2.26. The molecule has 10 nitrogen and oxygen atoms in total. The van der Waals surface area contributed by atoms with E-state index >= 15 is 0 Å². The molecule has 1 aromatic carbocycles. The summed E-state index contributed by atoms with van der Waals surface area (Å²) in [7, 11) is 1.58. The summed E-state index contributed by atoms with van der Waals surface area (Å²) in [5, 5.41) is 22.0. The second-order valence-corrected chi connectivity index (χ2v) is 7.54. The van der Waals surface area contributed by atoms with Crippen LogP contribution in [0.1, 0.15) is 33.2 Å². The highest BCUT2D eigenvalue weighted by Gasteiger charge is 2.43. The second kappa shape index (κ2) is 7.45. The minimum absolute atomic E-state index is 0.129. The SMILES string of the molecule is COc1ccc(-c2nnn([C@@H]3C[C@@H](C(=O)O)N(C(=O)OC(C)(C)C)C3)n2)cc1. The molecule has 1 aliphatic rings. The standard InChI is InChI=1S/C18H23N5O5/c1-18(2,3)28-17(26)22-10-12(9-14(22)16(24)25)23-20-15(19-21-23)11-5-7-13(27-4)8-6-11/h5-8,12,14H,9-10H2,1-4H3,(H,24,25)/t12-,14+/m1/s1. The number of hydrogen-bond donors (Lipinski definition) is 1. The zero-order chi connectivity index (χ0) is 20.5. The molecule has 10 heteroatoms. The Morgan fingerprint density at radius 1 is 1.21 bits per heavy atom. The first-order valence-corrected chi connectivity index (χ1v) is 8.84. The van der Waals surface area contributed by atoms with Gasteiger partial charge in [0.1, 0.15) is 17.4 Å². The van der Waals surface area contributed by atoms with Gasteiger partial charge in [-0.05, 0) is 50.3 Å². The summed E-state index contributed by atoms with van der Waals surface area (Å²) >= 11 is 0. The Kier molecular flexibility index (Phi) is 5.21. The minimum atomic E-state index is -1.09. The Balaban J connectivity index is 1.77. The van der Waals surface area contributed by atoms with Gasteiger partial charge in [0.25, 0.3) is 0 Å². The largest absolute Gasteiger partial charge is 0.497 e. The number of rotatable bonds is 4. The predicted molar refractivity (Wildman–Crippen MR) is 97.8 cm³/mol. The Labute approximate surface area is 162 Å². The van der Waals surface area contributed by atoms with Gasteiger partial charge >= 0.3 is 12.1 Å². The van der Waals surface area contributed by atoms with Crippen molar-refractivity contribution < 1.29 is 24.2 Å². The first-order valence-electron chi connectivity index (χ1n) is 8.84. The fourth-order valence-corrected chi connectivity index (χ4v) is 2.97. The average molecular weight is 389 g/mol. The van der Waals surface area contributed by atoms with Crippen LogP contribution in [0, 0.1) is 0 Å². The number of likely N-dealkylation sites (tertiary alicyclic amines) is 1. The molecule has 3 rings (SSSR count). The smallest absolute Gasteiger partial charge is 0.411 e. The molecule has 0 unspecified atom stereocenters. The van der Waals surface area contributed by atoms with Crippen molar-refractivity contribution in [3.8, 4) is 17.1 Å². The van der Waals surface area contributed by atoms with E-state index in [-0.39, 0.29) is 13.0 Å². The Morgan fingerprint density at radius 3 is 2.46 bits per heavy atom. The lowest BCUT2D eigenvalue weighted by Crippen LogP contribution is -2.43. The van der Waals surface area contributed by atoms with Gasteiger partial charge in [0.15, 0.2) is 0 Å². The maximum absolute atomic E-state index is 12.4. The van der Waals surface area contributed by atoms with Gasteiger partial charge in [-0.2, -0.15) is 4.80 Å². The molecule has 0 aliphatic carbocycles. The summed E-state index contributed by atoms with van der Waals surface area (Å²) < 4.78 is 10.5. The molecule has 0 radical (unpaired) electrons. The van der Waals surface area contributed by atoms with E-state index in [1.165, 1.54) is 9.70 Å². The number of tetrazole rings is 1. The third-order valence-corrected chi connectivity index (χ3v) is 4.30. The number of carbonyl (C=O) groups is 2. The molecule has 2 aromatic rings. The number of benzene rings is 1. The maximum Gasteiger partial charge on any atom is 0.411 e. The van der Waals surface area contributed by atoms with Crippen LogP contribution in [0.25, 0.3) is 11.4 Å². The molecule has 0 saturated carbocycles. The Morgan fingerprint density at radius 2 is 1.89 bits per heavy atom. The molecule has 0 spiro atoms. The van der Waals surface area contributed by atoms with Crippen molar-refractivity contribution in [2.45, 2.75) is 44.9 Å². The lowest BCUT2D eigenvalue weighted by molar-refractivity contribution is -0.142. The normalized spacial score (nSPS) is 19.5. The minimum Gasteiger partial charge on any atom is -0.497 e. The number of aliphatic carboxylic acids is 1. The van der Waals surface area contributed by atoms with Gasteiger partial charge in [0, 0.05) is 18.5 Å². The van der Waals surface area contributed by atoms with Gasteiger partial charge in [-0.1, -0.05) is 0 Å². The molecular formula is C18H23N5O5. The first-order chi connectivity index (χ1) is 13.2. The average Bonchev–Trinajstić information content (AvgIpc) is 3.27. The van der Waals surface area contributed by atoms with E-state index in [2.05, 4.69) is 15.4 Å². The number of nitrogens with zero attached hydrogens (tertiary/aromatic N) is 5. The van der Waals surface area contributed by atoms with Crippen LogP contribution >= 0.6 is 0 Å². The third kappa shape index (κ3) is 4.21. The van der Waals surface area contributed by atoms with Crippen molar-refractivity contribution in [2.24, 2.45) is 0 Å². The highest BCUT2D eigenvalue weighted by Crippen LogP contribution is 2.29. The predicted octanol–water partition coefficient (Wildman–Crippen LogP) is 1.98. The van der Waals surface area contributed by atoms with Crippen molar-refractivity contribution in [1.82, 2.24) is 25.1 Å². The number of hydrogen-bond acceptors (Lipinski definition) is 7. The van der Waals surface area contributed by atoms with Crippen LogP contribution in [-0.2, 0) is 9.53 Å². The second-order valence-electron chi connectivity index (χ2n) is 7.54. The van der Waals surface area contributed by atoms with Gasteiger partial charge in [0.05, 0.1) is 13.2 Å². The van der Waals surface area contributed by atoms with E-state index in [0.29, 0.717) is 11.6 Å². The van der Waals surface area contributed by atoms with E-state index in [4.69, 9.17) is 9.47 Å². The van der Waals surface area contributed by atoms with Crippen molar-refractivity contribution in [2.75, 3.05) is 13.7 Å². The first kappa shape index (κ1) is 19.6. The Hall–Kier alpha value is -3.17. The highest BCUT2D eigenvalue weighted by molar-refractivity contribution is 5.81. The number of amides is 1. The van der Waals surface area contributed by atoms with Crippen molar-refractivity contribution in [3.63, 3.8) is 0 Å². The number of carboxylic acids is 1. The van der Waals surface area contributed by atoms with E-state index in [0.717, 1.165) is 5.56 Å². The van der Waals surface area contributed by atoms with Crippen LogP contribution in [-0.4, -0.2) is 67.6 Å². The molecule has 1 aromatic heterocycles. The highest BCUT2D eigenvalue weighted by atomic mass is 16.6. The fourth-order valence-electron chi connectivity index (χ4n) is 2.97. The van der Waals surface area contributed by atoms with E-state index in [9.17, 15) is 14.7 Å². The quantitative estimate of drug-likeness (QED) is 0.843. The molecule has 150 valence electrons. The van der Waals surface area contributed by atoms with Crippen LogP contribution in [0.2, 0.25) is 0 Å². The summed E-state index contributed by atoms with van der Waals surface area (Å²) in [6.07, 6.45) is -0.495. The van der Waals surface area contributed by atoms with Gasteiger partial charge in [-0.3, -0.25) is 4.90 Å². The molecule has 2 atom stereocenters. The molecule has 1 aliphatic heterocycles.